The van der Waals surface area contributed by atoms with Crippen LogP contribution in [-0.4, -0.2) is 37.1 Å². The van der Waals surface area contributed by atoms with E-state index in [4.69, 9.17) is 6.42 Å². The SMILES string of the molecule is BCN(/C(=N\C(C#C)C#N)C(=C)/C(=C(/C)CC)c1ccc(CC)cc1)C(C)C. The van der Waals surface area contributed by atoms with E-state index in [-0.39, 0.29) is 6.04 Å². The lowest BCUT2D eigenvalue weighted by molar-refractivity contribution is 0.399. The number of aryl methyl sites for hydroxylation is 1. The van der Waals surface area contributed by atoms with Crippen LogP contribution in [0.3, 0.4) is 0 Å². The van der Waals surface area contributed by atoms with Crippen molar-refractivity contribution in [1.82, 2.24) is 4.90 Å². The standard InChI is InChI=1S/C24H32BN3/c1-8-18(6)23(21-13-11-20(9-2)12-14-21)19(7)24(27-22(10-3)15-26)28(16-25)17(4)5/h3,11-14,17,22H,7-9,16,25H2,1-2,4-6H3/b23-18+,27-24-. The number of hydrogen-bond acceptors (Lipinski definition) is 2. The zero-order chi connectivity index (χ0) is 21.3. The van der Waals surface area contributed by atoms with Gasteiger partial charge < -0.3 is 4.90 Å². The van der Waals surface area contributed by atoms with Gasteiger partial charge in [0.15, 0.2) is 6.04 Å². The second kappa shape index (κ2) is 11.2. The normalized spacial score (nSPS) is 13.4. The van der Waals surface area contributed by atoms with Crippen molar-refractivity contribution in [2.45, 2.75) is 59.5 Å². The molecule has 0 heterocycles. The maximum atomic E-state index is 9.36. The van der Waals surface area contributed by atoms with Crippen LogP contribution >= 0.6 is 0 Å². The Labute approximate surface area is 172 Å². The number of amidine groups is 1. The molecule has 0 aliphatic carbocycles. The molecule has 0 amide bonds. The molecule has 1 unspecified atom stereocenters. The van der Waals surface area contributed by atoms with E-state index in [1.165, 1.54) is 11.1 Å². The molecule has 0 spiro atoms. The van der Waals surface area contributed by atoms with Crippen LogP contribution in [0.15, 0.2) is 47.0 Å². The fourth-order valence-corrected chi connectivity index (χ4v) is 3.18. The average Bonchev–Trinajstić information content (AvgIpc) is 2.71. The Balaban J connectivity index is 3.62. The van der Waals surface area contributed by atoms with E-state index in [2.05, 4.69) is 95.2 Å². The molecule has 1 aromatic rings. The number of terminal acetylenes is 1. The van der Waals surface area contributed by atoms with E-state index in [0.717, 1.165) is 36.0 Å². The number of nitrogens with zero attached hydrogens (tertiary/aromatic N) is 3. The van der Waals surface area contributed by atoms with Gasteiger partial charge >= 0.3 is 0 Å². The minimum absolute atomic E-state index is 0.211. The molecule has 1 rings (SSSR count). The fourth-order valence-electron chi connectivity index (χ4n) is 3.18. The van der Waals surface area contributed by atoms with E-state index in [0.29, 0.717) is 5.84 Å². The van der Waals surface area contributed by atoms with Gasteiger partial charge in [0.1, 0.15) is 19.8 Å². The Hall–Kier alpha value is -2.72. The number of rotatable bonds is 8. The Bertz CT molecular complexity index is 803. The molecule has 1 atom stereocenters. The van der Waals surface area contributed by atoms with Crippen molar-refractivity contribution < 1.29 is 0 Å². The molecule has 0 fully saturated rings. The molecule has 0 bridgehead atoms. The summed E-state index contributed by atoms with van der Waals surface area (Å²) in [6.07, 6.45) is 8.18. The van der Waals surface area contributed by atoms with E-state index in [1.54, 1.807) is 0 Å². The van der Waals surface area contributed by atoms with Gasteiger partial charge in [-0.05, 0) is 56.8 Å². The van der Waals surface area contributed by atoms with Crippen LogP contribution in [-0.2, 0) is 6.42 Å². The first-order valence-electron chi connectivity index (χ1n) is 10.0. The van der Waals surface area contributed by atoms with Gasteiger partial charge in [0, 0.05) is 11.6 Å². The Morgan fingerprint density at radius 3 is 2.29 bits per heavy atom. The van der Waals surface area contributed by atoms with Gasteiger partial charge in [-0.1, -0.05) is 56.2 Å². The monoisotopic (exact) mass is 373 g/mol. The quantitative estimate of drug-likeness (QED) is 0.225. The predicted octanol–water partition coefficient (Wildman–Crippen LogP) is 4.21. The molecule has 3 nitrogen and oxygen atoms in total. The van der Waals surface area contributed by atoms with Gasteiger partial charge in [-0.2, -0.15) is 5.26 Å². The second-order valence-corrected chi connectivity index (χ2v) is 7.07. The Morgan fingerprint density at radius 1 is 1.29 bits per heavy atom. The summed E-state index contributed by atoms with van der Waals surface area (Å²) in [5, 5.41) is 9.36. The molecule has 0 aromatic heterocycles. The zero-order valence-electron chi connectivity index (χ0n) is 18.2. The summed E-state index contributed by atoms with van der Waals surface area (Å²) < 4.78 is 0. The topological polar surface area (TPSA) is 39.4 Å². The van der Waals surface area contributed by atoms with Gasteiger partial charge in [0.05, 0.1) is 0 Å². The lowest BCUT2D eigenvalue weighted by Crippen LogP contribution is -2.39. The number of allylic oxidation sites excluding steroid dienone is 1. The summed E-state index contributed by atoms with van der Waals surface area (Å²) in [7, 11) is 2.08. The highest BCUT2D eigenvalue weighted by Crippen LogP contribution is 2.30. The first kappa shape index (κ1) is 23.3. The molecule has 146 valence electrons. The highest BCUT2D eigenvalue weighted by atomic mass is 15.2. The lowest BCUT2D eigenvalue weighted by Gasteiger charge is -2.31. The number of nitriles is 1. The Kier molecular flexibility index (Phi) is 9.33. The number of hydrogen-bond donors (Lipinski definition) is 0. The second-order valence-electron chi connectivity index (χ2n) is 7.07. The molecule has 0 aliphatic heterocycles. The van der Waals surface area contributed by atoms with E-state index in [1.807, 2.05) is 0 Å². The molecule has 0 saturated carbocycles. The van der Waals surface area contributed by atoms with E-state index >= 15 is 0 Å². The lowest BCUT2D eigenvalue weighted by atomic mass is 9.90. The highest BCUT2D eigenvalue weighted by molar-refractivity contribution is 6.16. The molecule has 4 heteroatoms. The van der Waals surface area contributed by atoms with Crippen LogP contribution in [0.4, 0.5) is 0 Å². The average molecular weight is 373 g/mol. The van der Waals surface area contributed by atoms with Crippen LogP contribution in [0.25, 0.3) is 5.57 Å². The third-order valence-corrected chi connectivity index (χ3v) is 4.95. The molecule has 0 N–H and O–H groups in total. The van der Waals surface area contributed by atoms with E-state index in [9.17, 15) is 5.26 Å². The zero-order valence-corrected chi connectivity index (χ0v) is 18.2. The van der Waals surface area contributed by atoms with Crippen LogP contribution in [0.5, 0.6) is 0 Å². The maximum absolute atomic E-state index is 9.36. The first-order valence-corrected chi connectivity index (χ1v) is 10.0. The maximum Gasteiger partial charge on any atom is 0.198 e. The molecule has 0 aliphatic rings. The number of aliphatic imine (C=N–C) groups is 1. The summed E-state index contributed by atoms with van der Waals surface area (Å²) in [6.45, 7) is 15.0. The summed E-state index contributed by atoms with van der Waals surface area (Å²) in [6, 6.07) is 10.1. The van der Waals surface area contributed by atoms with Crippen molar-refractivity contribution >= 4 is 19.3 Å². The summed E-state index contributed by atoms with van der Waals surface area (Å²) in [5.41, 5.74) is 5.54. The van der Waals surface area contributed by atoms with Crippen LogP contribution in [0.1, 0.15) is 52.2 Å². The van der Waals surface area contributed by atoms with Crippen molar-refractivity contribution in [3.05, 3.63) is 53.1 Å². The van der Waals surface area contributed by atoms with Gasteiger partial charge in [-0.3, -0.25) is 0 Å². The minimum atomic E-state index is -0.829. The molecule has 1 aromatic carbocycles. The molecular formula is C24H32BN3. The molecule has 0 saturated heterocycles. The van der Waals surface area contributed by atoms with Gasteiger partial charge in [-0.25, -0.2) is 4.99 Å². The molecular weight excluding hydrogens is 341 g/mol. The smallest absolute Gasteiger partial charge is 0.198 e. The van der Waals surface area contributed by atoms with Crippen molar-refractivity contribution in [3.8, 4) is 18.4 Å². The first-order chi connectivity index (χ1) is 13.3. The third kappa shape index (κ3) is 5.64. The van der Waals surface area contributed by atoms with Crippen molar-refractivity contribution in [1.29, 1.82) is 5.26 Å². The van der Waals surface area contributed by atoms with E-state index < -0.39 is 6.04 Å². The predicted molar refractivity (Wildman–Crippen MR) is 124 cm³/mol. The van der Waals surface area contributed by atoms with Crippen molar-refractivity contribution in [3.63, 3.8) is 0 Å². The largest absolute Gasteiger partial charge is 0.362 e. The summed E-state index contributed by atoms with van der Waals surface area (Å²) in [4.78, 5) is 6.76. The van der Waals surface area contributed by atoms with Gasteiger partial charge in [-0.15, -0.1) is 6.42 Å². The Morgan fingerprint density at radius 2 is 1.89 bits per heavy atom. The van der Waals surface area contributed by atoms with Gasteiger partial charge in [0.2, 0.25) is 0 Å². The summed E-state index contributed by atoms with van der Waals surface area (Å²) >= 11 is 0. The van der Waals surface area contributed by atoms with Crippen LogP contribution in [0.2, 0.25) is 0 Å². The fraction of sp³-hybridized carbons (Fsp3) is 0.417. The van der Waals surface area contributed by atoms with Gasteiger partial charge in [0.25, 0.3) is 0 Å². The molecule has 0 radical (unpaired) electrons. The molecule has 28 heavy (non-hydrogen) atoms. The summed E-state index contributed by atoms with van der Waals surface area (Å²) in [5.74, 6) is 3.16. The van der Waals surface area contributed by atoms with Crippen molar-refractivity contribution in [2.75, 3.05) is 6.44 Å². The van der Waals surface area contributed by atoms with Crippen molar-refractivity contribution in [2.24, 2.45) is 4.99 Å². The van der Waals surface area contributed by atoms with Crippen LogP contribution < -0.4 is 0 Å². The van der Waals surface area contributed by atoms with Crippen LogP contribution in [0, 0.1) is 23.7 Å². The third-order valence-electron chi connectivity index (χ3n) is 4.95. The number of benzene rings is 1. The minimum Gasteiger partial charge on any atom is -0.362 e. The highest BCUT2D eigenvalue weighted by Gasteiger charge is 2.22.